The van der Waals surface area contributed by atoms with Crippen molar-refractivity contribution >= 4 is 5.91 Å². The monoisotopic (exact) mass is 467 g/mol. The topological polar surface area (TPSA) is 72.7 Å². The van der Waals surface area contributed by atoms with Gasteiger partial charge in [-0.05, 0) is 65.7 Å². The zero-order valence-corrected chi connectivity index (χ0v) is 18.6. The maximum Gasteiger partial charge on any atom is 0.410 e. The lowest BCUT2D eigenvalue weighted by atomic mass is 9.95. The van der Waals surface area contributed by atoms with Crippen molar-refractivity contribution in [3.05, 3.63) is 59.4 Å². The van der Waals surface area contributed by atoms with Crippen LogP contribution in [0.2, 0.25) is 0 Å². The van der Waals surface area contributed by atoms with Gasteiger partial charge in [-0.2, -0.15) is 17.9 Å². The fourth-order valence-electron chi connectivity index (χ4n) is 2.96. The smallest absolute Gasteiger partial charge is 0.338 e. The number of alkyl halides is 3. The SMILES string of the molecule is CC(C)(C)c1nnnn1-c1cc(C(=O)NC(C)(C)C(F)(F)F)cc(-c2ccc(F)c(F)c2)c1. The summed E-state index contributed by atoms with van der Waals surface area (Å²) in [5.74, 6) is -2.75. The Balaban J connectivity index is 2.18. The molecule has 0 aliphatic heterocycles. The molecule has 0 radical (unpaired) electrons. The van der Waals surface area contributed by atoms with Gasteiger partial charge in [0.1, 0.15) is 5.54 Å². The Hall–Kier alpha value is -3.37. The van der Waals surface area contributed by atoms with Crippen LogP contribution in [-0.2, 0) is 5.41 Å². The first-order chi connectivity index (χ1) is 15.1. The fourth-order valence-corrected chi connectivity index (χ4v) is 2.96. The number of hydrogen-bond donors (Lipinski definition) is 1. The number of halogens is 5. The van der Waals surface area contributed by atoms with Gasteiger partial charge in [0, 0.05) is 11.0 Å². The minimum Gasteiger partial charge on any atom is -0.338 e. The third-order valence-corrected chi connectivity index (χ3v) is 4.95. The Morgan fingerprint density at radius 2 is 1.58 bits per heavy atom. The highest BCUT2D eigenvalue weighted by Crippen LogP contribution is 2.31. The minimum atomic E-state index is -4.70. The average molecular weight is 467 g/mol. The molecular weight excluding hydrogens is 445 g/mol. The van der Waals surface area contributed by atoms with Crippen molar-refractivity contribution in [3.8, 4) is 16.8 Å². The number of benzene rings is 2. The summed E-state index contributed by atoms with van der Waals surface area (Å²) in [6.45, 7) is 7.24. The molecule has 0 atom stereocenters. The van der Waals surface area contributed by atoms with Crippen LogP contribution in [0, 0.1) is 11.6 Å². The van der Waals surface area contributed by atoms with Crippen molar-refractivity contribution in [2.24, 2.45) is 0 Å². The van der Waals surface area contributed by atoms with Gasteiger partial charge < -0.3 is 5.32 Å². The van der Waals surface area contributed by atoms with E-state index in [1.807, 2.05) is 26.1 Å². The molecule has 0 unspecified atom stereocenters. The second-order valence-corrected chi connectivity index (χ2v) is 9.14. The third kappa shape index (κ3) is 5.01. The molecule has 176 valence electrons. The summed E-state index contributed by atoms with van der Waals surface area (Å²) < 4.78 is 68.5. The van der Waals surface area contributed by atoms with Gasteiger partial charge in [0.25, 0.3) is 5.91 Å². The quantitative estimate of drug-likeness (QED) is 0.550. The molecule has 0 aliphatic rings. The highest BCUT2D eigenvalue weighted by molar-refractivity contribution is 5.96. The van der Waals surface area contributed by atoms with E-state index in [1.54, 1.807) is 0 Å². The van der Waals surface area contributed by atoms with Gasteiger partial charge in [-0.3, -0.25) is 4.79 Å². The molecule has 0 aliphatic carbocycles. The number of rotatable bonds is 4. The Bertz CT molecular complexity index is 1190. The normalized spacial score (nSPS) is 12.7. The number of carbonyl (C=O) groups excluding carboxylic acids is 1. The van der Waals surface area contributed by atoms with Gasteiger partial charge in [-0.15, -0.1) is 5.10 Å². The Labute approximate surface area is 186 Å². The molecule has 0 saturated heterocycles. The minimum absolute atomic E-state index is 0.139. The fraction of sp³-hybridized carbons (Fsp3) is 0.364. The Morgan fingerprint density at radius 1 is 0.909 bits per heavy atom. The lowest BCUT2D eigenvalue weighted by molar-refractivity contribution is -0.182. The second-order valence-electron chi connectivity index (χ2n) is 9.14. The van der Waals surface area contributed by atoms with Crippen molar-refractivity contribution < 1.29 is 26.7 Å². The molecule has 1 heterocycles. The predicted octanol–water partition coefficient (Wildman–Crippen LogP) is 4.98. The van der Waals surface area contributed by atoms with Gasteiger partial charge >= 0.3 is 6.18 Å². The highest BCUT2D eigenvalue weighted by Gasteiger charge is 2.48. The van der Waals surface area contributed by atoms with Crippen molar-refractivity contribution in [2.45, 2.75) is 51.7 Å². The number of amides is 1. The van der Waals surface area contributed by atoms with E-state index in [4.69, 9.17) is 0 Å². The van der Waals surface area contributed by atoms with E-state index in [-0.39, 0.29) is 22.4 Å². The maximum absolute atomic E-state index is 13.9. The van der Waals surface area contributed by atoms with E-state index in [0.29, 0.717) is 5.82 Å². The summed E-state index contributed by atoms with van der Waals surface area (Å²) >= 11 is 0. The number of carbonyl (C=O) groups is 1. The lowest BCUT2D eigenvalue weighted by Gasteiger charge is -2.29. The Kier molecular flexibility index (Phi) is 6.03. The predicted molar refractivity (Wildman–Crippen MR) is 111 cm³/mol. The molecule has 11 heteroatoms. The van der Waals surface area contributed by atoms with Crippen LogP contribution in [0.15, 0.2) is 36.4 Å². The van der Waals surface area contributed by atoms with Gasteiger partial charge in [-0.1, -0.05) is 26.8 Å². The summed E-state index contributed by atoms with van der Waals surface area (Å²) in [4.78, 5) is 12.8. The highest BCUT2D eigenvalue weighted by atomic mass is 19.4. The maximum atomic E-state index is 13.9. The number of tetrazole rings is 1. The van der Waals surface area contributed by atoms with E-state index in [1.165, 1.54) is 28.9 Å². The van der Waals surface area contributed by atoms with Gasteiger partial charge in [0.05, 0.1) is 5.69 Å². The van der Waals surface area contributed by atoms with Crippen molar-refractivity contribution in [1.29, 1.82) is 0 Å². The van der Waals surface area contributed by atoms with Crippen LogP contribution in [0.25, 0.3) is 16.8 Å². The van der Waals surface area contributed by atoms with E-state index >= 15 is 0 Å². The van der Waals surface area contributed by atoms with Crippen molar-refractivity contribution in [2.75, 3.05) is 0 Å². The number of nitrogens with zero attached hydrogens (tertiary/aromatic N) is 4. The van der Waals surface area contributed by atoms with Crippen LogP contribution in [0.1, 0.15) is 50.8 Å². The zero-order chi connectivity index (χ0) is 24.8. The van der Waals surface area contributed by atoms with Crippen LogP contribution in [0.5, 0.6) is 0 Å². The van der Waals surface area contributed by atoms with Gasteiger partial charge in [0.15, 0.2) is 17.5 Å². The summed E-state index contributed by atoms with van der Waals surface area (Å²) in [7, 11) is 0. The van der Waals surface area contributed by atoms with Gasteiger partial charge in [0.2, 0.25) is 0 Å². The summed E-state index contributed by atoms with van der Waals surface area (Å²) in [5.41, 5.74) is -2.42. The first kappa shape index (κ1) is 24.3. The van der Waals surface area contributed by atoms with E-state index in [9.17, 15) is 26.7 Å². The van der Waals surface area contributed by atoms with Crippen LogP contribution in [0.3, 0.4) is 0 Å². The van der Waals surface area contributed by atoms with E-state index in [2.05, 4.69) is 15.5 Å². The molecule has 6 nitrogen and oxygen atoms in total. The van der Waals surface area contributed by atoms with E-state index < -0.39 is 34.7 Å². The molecule has 3 rings (SSSR count). The van der Waals surface area contributed by atoms with Crippen LogP contribution in [-0.4, -0.2) is 37.8 Å². The lowest BCUT2D eigenvalue weighted by Crippen LogP contribution is -2.54. The second kappa shape index (κ2) is 8.20. The molecule has 3 aromatic rings. The number of aromatic nitrogens is 4. The zero-order valence-electron chi connectivity index (χ0n) is 18.6. The number of nitrogens with one attached hydrogen (secondary N) is 1. The van der Waals surface area contributed by atoms with Crippen LogP contribution < -0.4 is 5.32 Å². The summed E-state index contributed by atoms with van der Waals surface area (Å²) in [6.07, 6.45) is -4.70. The van der Waals surface area contributed by atoms with Crippen LogP contribution >= 0.6 is 0 Å². The molecule has 1 amide bonds. The van der Waals surface area contributed by atoms with E-state index in [0.717, 1.165) is 26.0 Å². The first-order valence-corrected chi connectivity index (χ1v) is 9.89. The molecular formula is C22H22F5N5O. The van der Waals surface area contributed by atoms with Crippen molar-refractivity contribution in [3.63, 3.8) is 0 Å². The molecule has 0 saturated carbocycles. The average Bonchev–Trinajstić information content (AvgIpc) is 3.19. The summed E-state index contributed by atoms with van der Waals surface area (Å²) in [5, 5.41) is 13.6. The molecule has 0 bridgehead atoms. The molecule has 0 fully saturated rings. The first-order valence-electron chi connectivity index (χ1n) is 9.89. The molecule has 0 spiro atoms. The summed E-state index contributed by atoms with van der Waals surface area (Å²) in [6, 6.07) is 7.30. The van der Waals surface area contributed by atoms with Crippen molar-refractivity contribution in [1.82, 2.24) is 25.5 Å². The standard InChI is InChI=1S/C22H22F5N5O/c1-20(2,3)19-29-30-31-32(19)15-9-13(12-6-7-16(23)17(24)11-12)8-14(10-15)18(33)28-21(4,5)22(25,26)27/h6-11H,1-5H3,(H,28,33). The molecule has 1 N–H and O–H groups in total. The third-order valence-electron chi connectivity index (χ3n) is 4.95. The molecule has 33 heavy (non-hydrogen) atoms. The van der Waals surface area contributed by atoms with Crippen LogP contribution in [0.4, 0.5) is 22.0 Å². The Morgan fingerprint density at radius 3 is 2.15 bits per heavy atom. The van der Waals surface area contributed by atoms with Gasteiger partial charge in [-0.25, -0.2) is 8.78 Å². The largest absolute Gasteiger partial charge is 0.410 e. The molecule has 1 aromatic heterocycles. The molecule has 2 aromatic carbocycles. The number of hydrogen-bond acceptors (Lipinski definition) is 4.